The zero-order chi connectivity index (χ0) is 15.7. The Balaban J connectivity index is 2.06. The summed E-state index contributed by atoms with van der Waals surface area (Å²) in [6, 6.07) is 15.0. The second-order valence-electron chi connectivity index (χ2n) is 5.44. The van der Waals surface area contributed by atoms with Crippen LogP contribution < -0.4 is 10.7 Å². The molecule has 1 aliphatic rings. The predicted octanol–water partition coefficient (Wildman–Crippen LogP) is 2.03. The van der Waals surface area contributed by atoms with Gasteiger partial charge in [0.15, 0.2) is 0 Å². The highest BCUT2D eigenvalue weighted by molar-refractivity contribution is 6.11. The lowest BCUT2D eigenvalue weighted by molar-refractivity contribution is -0.115. The third-order valence-electron chi connectivity index (χ3n) is 3.92. The van der Waals surface area contributed by atoms with Crippen molar-refractivity contribution in [1.82, 2.24) is 9.99 Å². The van der Waals surface area contributed by atoms with Gasteiger partial charge in [-0.05, 0) is 37.3 Å². The van der Waals surface area contributed by atoms with Gasteiger partial charge in [-0.3, -0.25) is 9.78 Å². The number of hydrazine groups is 1. The highest BCUT2D eigenvalue weighted by Crippen LogP contribution is 2.34. The van der Waals surface area contributed by atoms with E-state index in [-0.39, 0.29) is 5.91 Å². The quantitative estimate of drug-likeness (QED) is 0.861. The van der Waals surface area contributed by atoms with Crippen LogP contribution in [0.4, 0.5) is 5.69 Å². The van der Waals surface area contributed by atoms with Crippen LogP contribution in [0.25, 0.3) is 6.08 Å². The Morgan fingerprint density at radius 2 is 1.82 bits per heavy atom. The second-order valence-corrected chi connectivity index (χ2v) is 5.44. The lowest BCUT2D eigenvalue weighted by Gasteiger charge is -2.32. The summed E-state index contributed by atoms with van der Waals surface area (Å²) in [6.07, 6.45) is 3.44. The van der Waals surface area contributed by atoms with E-state index in [0.29, 0.717) is 11.3 Å². The van der Waals surface area contributed by atoms with Gasteiger partial charge in [-0.1, -0.05) is 24.3 Å². The standard InChI is InChI=1S/C17H18N4O/c1-17(18)15(12-13-8-6-7-11-19-13)16(22)21(20(17)2)14-9-4-3-5-10-14/h3-12H,18H2,1-2H3. The second kappa shape index (κ2) is 5.36. The van der Waals surface area contributed by atoms with Crippen molar-refractivity contribution in [2.24, 2.45) is 5.73 Å². The van der Waals surface area contributed by atoms with E-state index in [9.17, 15) is 4.79 Å². The minimum atomic E-state index is -0.898. The number of hydrogen-bond donors (Lipinski definition) is 1. The minimum Gasteiger partial charge on any atom is -0.308 e. The van der Waals surface area contributed by atoms with Crippen LogP contribution in [0.1, 0.15) is 12.6 Å². The topological polar surface area (TPSA) is 62.5 Å². The predicted molar refractivity (Wildman–Crippen MR) is 86.5 cm³/mol. The van der Waals surface area contributed by atoms with Gasteiger partial charge in [0.1, 0.15) is 5.66 Å². The number of likely N-dealkylation sites (N-methyl/N-ethyl adjacent to an activating group) is 1. The van der Waals surface area contributed by atoms with Gasteiger partial charge in [0.25, 0.3) is 5.91 Å². The van der Waals surface area contributed by atoms with Crippen molar-refractivity contribution in [2.75, 3.05) is 12.1 Å². The van der Waals surface area contributed by atoms with Gasteiger partial charge < -0.3 is 5.73 Å². The van der Waals surface area contributed by atoms with Crippen LogP contribution in [0.5, 0.6) is 0 Å². The van der Waals surface area contributed by atoms with Crippen LogP contribution in [0.3, 0.4) is 0 Å². The first-order valence-electron chi connectivity index (χ1n) is 7.07. The molecule has 5 heteroatoms. The van der Waals surface area contributed by atoms with Gasteiger partial charge in [0.05, 0.1) is 17.0 Å². The molecule has 0 radical (unpaired) electrons. The number of para-hydroxylation sites is 1. The van der Waals surface area contributed by atoms with Crippen LogP contribution in [-0.2, 0) is 4.79 Å². The number of aromatic nitrogens is 1. The first-order chi connectivity index (χ1) is 10.5. The molecule has 2 aromatic rings. The number of benzene rings is 1. The molecule has 5 nitrogen and oxygen atoms in total. The van der Waals surface area contributed by atoms with Crippen LogP contribution in [0.15, 0.2) is 60.3 Å². The number of amides is 1. The van der Waals surface area contributed by atoms with Gasteiger partial charge in [0.2, 0.25) is 0 Å². The first-order valence-corrected chi connectivity index (χ1v) is 7.07. The maximum Gasteiger partial charge on any atom is 0.272 e. The van der Waals surface area contributed by atoms with E-state index < -0.39 is 5.66 Å². The molecule has 1 saturated heterocycles. The zero-order valence-corrected chi connectivity index (χ0v) is 12.6. The summed E-state index contributed by atoms with van der Waals surface area (Å²) in [5.74, 6) is -0.135. The van der Waals surface area contributed by atoms with Crippen molar-refractivity contribution in [3.63, 3.8) is 0 Å². The normalized spacial score (nSPS) is 24.2. The first kappa shape index (κ1) is 14.4. The molecule has 1 amide bonds. The average molecular weight is 294 g/mol. The number of carbonyl (C=O) groups is 1. The van der Waals surface area contributed by atoms with Crippen LogP contribution in [0.2, 0.25) is 0 Å². The molecule has 1 fully saturated rings. The number of hydrogen-bond acceptors (Lipinski definition) is 4. The van der Waals surface area contributed by atoms with E-state index in [2.05, 4.69) is 4.98 Å². The number of rotatable bonds is 2. The summed E-state index contributed by atoms with van der Waals surface area (Å²) in [7, 11) is 1.81. The number of nitrogens with two attached hydrogens (primary N) is 1. The van der Waals surface area contributed by atoms with Crippen molar-refractivity contribution < 1.29 is 4.79 Å². The van der Waals surface area contributed by atoms with Gasteiger partial charge in [-0.15, -0.1) is 0 Å². The molecular weight excluding hydrogens is 276 g/mol. The Labute approximate surface area is 129 Å². The third-order valence-corrected chi connectivity index (χ3v) is 3.92. The fraction of sp³-hybridized carbons (Fsp3) is 0.176. The van der Waals surface area contributed by atoms with Crippen LogP contribution in [0, 0.1) is 0 Å². The Kier molecular flexibility index (Phi) is 3.52. The Hall–Kier alpha value is -2.50. The molecule has 112 valence electrons. The van der Waals surface area contributed by atoms with Crippen molar-refractivity contribution in [3.8, 4) is 0 Å². The highest BCUT2D eigenvalue weighted by Gasteiger charge is 2.47. The zero-order valence-electron chi connectivity index (χ0n) is 12.6. The molecule has 1 unspecified atom stereocenters. The molecule has 1 aromatic heterocycles. The maximum atomic E-state index is 12.8. The van der Waals surface area contributed by atoms with Crippen molar-refractivity contribution in [1.29, 1.82) is 0 Å². The van der Waals surface area contributed by atoms with E-state index >= 15 is 0 Å². The largest absolute Gasteiger partial charge is 0.308 e. The van der Waals surface area contributed by atoms with Crippen molar-refractivity contribution in [2.45, 2.75) is 12.6 Å². The van der Waals surface area contributed by atoms with Crippen LogP contribution in [-0.4, -0.2) is 28.6 Å². The molecule has 1 atom stereocenters. The minimum absolute atomic E-state index is 0.135. The lowest BCUT2D eigenvalue weighted by atomic mass is 10.0. The molecule has 0 aliphatic carbocycles. The van der Waals surface area contributed by atoms with Gasteiger partial charge in [-0.2, -0.15) is 5.01 Å². The van der Waals surface area contributed by atoms with Gasteiger partial charge in [0, 0.05) is 13.2 Å². The summed E-state index contributed by atoms with van der Waals surface area (Å²) in [4.78, 5) is 17.1. The van der Waals surface area contributed by atoms with Crippen molar-refractivity contribution in [3.05, 3.63) is 66.0 Å². The Morgan fingerprint density at radius 3 is 2.45 bits per heavy atom. The lowest BCUT2D eigenvalue weighted by Crippen LogP contribution is -2.52. The summed E-state index contributed by atoms with van der Waals surface area (Å²) < 4.78 is 0. The Morgan fingerprint density at radius 1 is 1.14 bits per heavy atom. The summed E-state index contributed by atoms with van der Waals surface area (Å²) >= 11 is 0. The monoisotopic (exact) mass is 294 g/mol. The third kappa shape index (κ3) is 2.30. The highest BCUT2D eigenvalue weighted by atomic mass is 16.2. The SMILES string of the molecule is CN1N(c2ccccc2)C(=O)C(=Cc2ccccn2)C1(C)N. The van der Waals surface area contributed by atoms with E-state index in [4.69, 9.17) is 5.73 Å². The summed E-state index contributed by atoms with van der Waals surface area (Å²) in [6.45, 7) is 1.82. The van der Waals surface area contributed by atoms with E-state index in [1.54, 1.807) is 22.3 Å². The fourth-order valence-corrected chi connectivity index (χ4v) is 2.53. The van der Waals surface area contributed by atoms with E-state index in [1.165, 1.54) is 0 Å². The average Bonchev–Trinajstić information content (AvgIpc) is 2.69. The molecule has 22 heavy (non-hydrogen) atoms. The van der Waals surface area contributed by atoms with Crippen LogP contribution >= 0.6 is 0 Å². The number of anilines is 1. The summed E-state index contributed by atoms with van der Waals surface area (Å²) in [5.41, 5.74) is 7.51. The Bertz CT molecular complexity index is 710. The molecule has 2 N–H and O–H groups in total. The summed E-state index contributed by atoms with van der Waals surface area (Å²) in [5, 5.41) is 3.34. The van der Waals surface area contributed by atoms with E-state index in [0.717, 1.165) is 5.69 Å². The van der Waals surface area contributed by atoms with E-state index in [1.807, 2.05) is 62.5 Å². The maximum absolute atomic E-state index is 12.8. The smallest absolute Gasteiger partial charge is 0.272 e. The van der Waals surface area contributed by atoms with Crippen molar-refractivity contribution >= 4 is 17.7 Å². The molecular formula is C17H18N4O. The number of carbonyl (C=O) groups excluding carboxylic acids is 1. The molecule has 2 heterocycles. The molecule has 1 aromatic carbocycles. The number of nitrogens with zero attached hydrogens (tertiary/aromatic N) is 3. The molecule has 3 rings (SSSR count). The molecule has 0 saturated carbocycles. The van der Waals surface area contributed by atoms with Gasteiger partial charge in [-0.25, -0.2) is 5.01 Å². The molecule has 0 spiro atoms. The molecule has 0 bridgehead atoms. The fourth-order valence-electron chi connectivity index (χ4n) is 2.53. The number of pyridine rings is 1. The molecule has 1 aliphatic heterocycles. The van der Waals surface area contributed by atoms with Gasteiger partial charge >= 0.3 is 0 Å².